The summed E-state index contributed by atoms with van der Waals surface area (Å²) in [5, 5.41) is 2.89. The lowest BCUT2D eigenvalue weighted by Crippen LogP contribution is -2.26. The van der Waals surface area contributed by atoms with Crippen LogP contribution in [0.25, 0.3) is 0 Å². The normalized spacial score (nSPS) is 21.9. The van der Waals surface area contributed by atoms with Crippen molar-refractivity contribution in [2.45, 2.75) is 25.0 Å². The van der Waals surface area contributed by atoms with E-state index in [0.717, 1.165) is 5.56 Å². The monoisotopic (exact) mass is 259 g/mol. The van der Waals surface area contributed by atoms with Gasteiger partial charge in [0.25, 0.3) is 0 Å². The standard InChI is InChI=1S/C12H12F3NO2/c13-9-3-1-8(2-4-9)6-16-7-10-5-12(14,15)11(17)18-10/h1-4,10,16H,5-7H2. The molecule has 18 heavy (non-hydrogen) atoms. The number of halogens is 3. The smallest absolute Gasteiger partial charge is 0.377 e. The van der Waals surface area contributed by atoms with Gasteiger partial charge < -0.3 is 10.1 Å². The Bertz CT molecular complexity index is 433. The Labute approximate surface area is 102 Å². The van der Waals surface area contributed by atoms with E-state index in [1.807, 2.05) is 0 Å². The number of benzene rings is 1. The number of esters is 1. The summed E-state index contributed by atoms with van der Waals surface area (Å²) >= 11 is 0. The third-order valence-corrected chi connectivity index (χ3v) is 2.67. The van der Waals surface area contributed by atoms with Crippen molar-refractivity contribution >= 4 is 5.97 Å². The van der Waals surface area contributed by atoms with Gasteiger partial charge in [-0.3, -0.25) is 0 Å². The molecule has 1 aliphatic heterocycles. The van der Waals surface area contributed by atoms with Gasteiger partial charge in [-0.05, 0) is 17.7 Å². The average molecular weight is 259 g/mol. The Morgan fingerprint density at radius 3 is 2.56 bits per heavy atom. The highest BCUT2D eigenvalue weighted by atomic mass is 19.3. The zero-order valence-corrected chi connectivity index (χ0v) is 9.46. The van der Waals surface area contributed by atoms with E-state index in [4.69, 9.17) is 0 Å². The fraction of sp³-hybridized carbons (Fsp3) is 0.417. The van der Waals surface area contributed by atoms with Crippen molar-refractivity contribution in [2.24, 2.45) is 0 Å². The Balaban J connectivity index is 1.77. The number of carbonyl (C=O) groups is 1. The lowest BCUT2D eigenvalue weighted by atomic mass is 10.2. The predicted octanol–water partition coefficient (Wildman–Crippen LogP) is 1.87. The summed E-state index contributed by atoms with van der Waals surface area (Å²) < 4.78 is 42.8. The molecule has 1 fully saturated rings. The third kappa shape index (κ3) is 3.01. The fourth-order valence-electron chi connectivity index (χ4n) is 1.74. The van der Waals surface area contributed by atoms with Crippen molar-refractivity contribution in [1.29, 1.82) is 0 Å². The van der Waals surface area contributed by atoms with E-state index in [-0.39, 0.29) is 12.4 Å². The van der Waals surface area contributed by atoms with Crippen LogP contribution in [0.2, 0.25) is 0 Å². The van der Waals surface area contributed by atoms with Crippen LogP contribution >= 0.6 is 0 Å². The summed E-state index contributed by atoms with van der Waals surface area (Å²) in [4.78, 5) is 10.7. The van der Waals surface area contributed by atoms with Gasteiger partial charge in [-0.1, -0.05) is 12.1 Å². The molecule has 6 heteroatoms. The van der Waals surface area contributed by atoms with Crippen LogP contribution in [-0.4, -0.2) is 24.5 Å². The number of nitrogens with one attached hydrogen (secondary N) is 1. The molecule has 0 amide bonds. The van der Waals surface area contributed by atoms with Gasteiger partial charge in [0.1, 0.15) is 11.9 Å². The maximum absolute atomic E-state index is 12.8. The van der Waals surface area contributed by atoms with E-state index in [0.29, 0.717) is 6.54 Å². The van der Waals surface area contributed by atoms with Crippen molar-refractivity contribution in [3.05, 3.63) is 35.6 Å². The van der Waals surface area contributed by atoms with Gasteiger partial charge in [0, 0.05) is 13.1 Å². The van der Waals surface area contributed by atoms with Crippen LogP contribution in [0.5, 0.6) is 0 Å². The minimum atomic E-state index is -3.37. The van der Waals surface area contributed by atoms with Gasteiger partial charge in [-0.2, -0.15) is 8.78 Å². The second kappa shape index (κ2) is 4.97. The second-order valence-corrected chi connectivity index (χ2v) is 4.19. The molecule has 98 valence electrons. The number of alkyl halides is 2. The molecule has 0 spiro atoms. The summed E-state index contributed by atoms with van der Waals surface area (Å²) in [6, 6.07) is 5.83. The number of hydrogen-bond acceptors (Lipinski definition) is 3. The number of carbonyl (C=O) groups excluding carboxylic acids is 1. The van der Waals surface area contributed by atoms with Gasteiger partial charge in [-0.15, -0.1) is 0 Å². The minimum absolute atomic E-state index is 0.151. The highest BCUT2D eigenvalue weighted by molar-refractivity contribution is 5.79. The molecule has 3 nitrogen and oxygen atoms in total. The van der Waals surface area contributed by atoms with E-state index >= 15 is 0 Å². The molecule has 1 heterocycles. The molecule has 1 saturated heterocycles. The van der Waals surface area contributed by atoms with Crippen molar-refractivity contribution in [2.75, 3.05) is 6.54 Å². The van der Waals surface area contributed by atoms with Gasteiger partial charge in [0.05, 0.1) is 6.42 Å². The van der Waals surface area contributed by atoms with Gasteiger partial charge in [-0.25, -0.2) is 9.18 Å². The van der Waals surface area contributed by atoms with Gasteiger partial charge in [0.2, 0.25) is 0 Å². The number of hydrogen-bond donors (Lipinski definition) is 1. The molecule has 1 atom stereocenters. The first-order valence-electron chi connectivity index (χ1n) is 5.51. The summed E-state index contributed by atoms with van der Waals surface area (Å²) in [7, 11) is 0. The number of ether oxygens (including phenoxy) is 1. The molecule has 0 bridgehead atoms. The minimum Gasteiger partial charge on any atom is -0.456 e. The van der Waals surface area contributed by atoms with Crippen LogP contribution in [0.15, 0.2) is 24.3 Å². The summed E-state index contributed by atoms with van der Waals surface area (Å²) in [6.45, 7) is 0.554. The average Bonchev–Trinajstić information content (AvgIpc) is 2.56. The molecule has 0 aromatic heterocycles. The van der Waals surface area contributed by atoms with Crippen LogP contribution in [0, 0.1) is 5.82 Å². The molecule has 1 aromatic rings. The first kappa shape index (κ1) is 12.9. The number of rotatable bonds is 4. The molecule has 0 aliphatic carbocycles. The Morgan fingerprint density at radius 2 is 2.00 bits per heavy atom. The molecule has 2 rings (SSSR count). The molecule has 1 N–H and O–H groups in total. The van der Waals surface area contributed by atoms with Crippen molar-refractivity contribution in [3.63, 3.8) is 0 Å². The van der Waals surface area contributed by atoms with Crippen LogP contribution in [0.1, 0.15) is 12.0 Å². The maximum Gasteiger partial charge on any atom is 0.377 e. The van der Waals surface area contributed by atoms with Crippen LogP contribution < -0.4 is 5.32 Å². The summed E-state index contributed by atoms with van der Waals surface area (Å²) in [6.07, 6.45) is -1.41. The first-order chi connectivity index (χ1) is 8.47. The van der Waals surface area contributed by atoms with Crippen LogP contribution in [0.3, 0.4) is 0 Å². The highest BCUT2D eigenvalue weighted by Gasteiger charge is 2.50. The fourth-order valence-corrected chi connectivity index (χ4v) is 1.74. The largest absolute Gasteiger partial charge is 0.456 e. The zero-order valence-electron chi connectivity index (χ0n) is 9.46. The van der Waals surface area contributed by atoms with E-state index < -0.39 is 24.4 Å². The molecular weight excluding hydrogens is 247 g/mol. The topological polar surface area (TPSA) is 38.3 Å². The van der Waals surface area contributed by atoms with Crippen molar-refractivity contribution in [1.82, 2.24) is 5.32 Å². The predicted molar refractivity (Wildman–Crippen MR) is 57.6 cm³/mol. The lowest BCUT2D eigenvalue weighted by molar-refractivity contribution is -0.159. The van der Waals surface area contributed by atoms with Crippen LogP contribution in [-0.2, 0) is 16.1 Å². The highest BCUT2D eigenvalue weighted by Crippen LogP contribution is 2.30. The third-order valence-electron chi connectivity index (χ3n) is 2.67. The quantitative estimate of drug-likeness (QED) is 0.839. The molecule has 1 unspecified atom stereocenters. The second-order valence-electron chi connectivity index (χ2n) is 4.19. The Morgan fingerprint density at radius 1 is 1.33 bits per heavy atom. The molecule has 0 radical (unpaired) electrons. The Hall–Kier alpha value is -1.56. The molecule has 0 saturated carbocycles. The van der Waals surface area contributed by atoms with E-state index in [1.54, 1.807) is 12.1 Å². The maximum atomic E-state index is 12.8. The number of cyclic esters (lactones) is 1. The van der Waals surface area contributed by atoms with E-state index in [2.05, 4.69) is 10.1 Å². The molecular formula is C12H12F3NO2. The molecule has 1 aliphatic rings. The van der Waals surface area contributed by atoms with Crippen molar-refractivity contribution < 1.29 is 22.7 Å². The van der Waals surface area contributed by atoms with Gasteiger partial charge >= 0.3 is 11.9 Å². The SMILES string of the molecule is O=C1OC(CNCc2ccc(F)cc2)CC1(F)F. The van der Waals surface area contributed by atoms with E-state index in [1.165, 1.54) is 12.1 Å². The van der Waals surface area contributed by atoms with Crippen molar-refractivity contribution in [3.8, 4) is 0 Å². The summed E-state index contributed by atoms with van der Waals surface area (Å²) in [5.74, 6) is -5.17. The van der Waals surface area contributed by atoms with Gasteiger partial charge in [0.15, 0.2) is 0 Å². The first-order valence-corrected chi connectivity index (χ1v) is 5.51. The zero-order chi connectivity index (χ0) is 13.2. The Kier molecular flexibility index (Phi) is 3.56. The van der Waals surface area contributed by atoms with E-state index in [9.17, 15) is 18.0 Å². The summed E-state index contributed by atoms with van der Waals surface area (Å²) in [5.41, 5.74) is 0.826. The molecule has 1 aromatic carbocycles. The lowest BCUT2D eigenvalue weighted by Gasteiger charge is -2.09. The van der Waals surface area contributed by atoms with Crippen LogP contribution in [0.4, 0.5) is 13.2 Å².